The zero-order valence-corrected chi connectivity index (χ0v) is 10.3. The smallest absolute Gasteiger partial charge is 0.289 e. The van der Waals surface area contributed by atoms with Gasteiger partial charge in [-0.15, -0.1) is 0 Å². The van der Waals surface area contributed by atoms with E-state index in [1.54, 1.807) is 6.07 Å². The van der Waals surface area contributed by atoms with Crippen molar-refractivity contribution in [3.05, 3.63) is 17.5 Å². The van der Waals surface area contributed by atoms with Crippen molar-refractivity contribution >= 4 is 5.91 Å². The summed E-state index contributed by atoms with van der Waals surface area (Å²) in [4.78, 5) is 11.8. The van der Waals surface area contributed by atoms with Crippen LogP contribution in [0.2, 0.25) is 0 Å². The van der Waals surface area contributed by atoms with Crippen LogP contribution in [0.15, 0.2) is 10.6 Å². The van der Waals surface area contributed by atoms with E-state index in [0.717, 1.165) is 25.2 Å². The van der Waals surface area contributed by atoms with E-state index < -0.39 is 0 Å². The standard InChI is InChI=1S/C12H19N3O2/c1-8(2)10-5-11(17-15-10)12(16)14-7-9-3-4-13-6-9/h5,8-9,13H,3-4,6-7H2,1-2H3,(H,14,16)/t9-/m1/s1. The molecule has 1 aliphatic heterocycles. The number of amides is 1. The van der Waals surface area contributed by atoms with Crippen LogP contribution in [0.5, 0.6) is 0 Å². The normalized spacial score (nSPS) is 19.8. The molecule has 0 saturated carbocycles. The largest absolute Gasteiger partial charge is 0.351 e. The molecule has 1 amide bonds. The molecule has 1 aromatic rings. The van der Waals surface area contributed by atoms with Crippen LogP contribution in [0.1, 0.15) is 42.4 Å². The highest BCUT2D eigenvalue weighted by molar-refractivity contribution is 5.91. The van der Waals surface area contributed by atoms with Crippen molar-refractivity contribution < 1.29 is 9.32 Å². The lowest BCUT2D eigenvalue weighted by atomic mass is 10.1. The first-order valence-corrected chi connectivity index (χ1v) is 6.12. The predicted molar refractivity (Wildman–Crippen MR) is 63.9 cm³/mol. The van der Waals surface area contributed by atoms with Crippen molar-refractivity contribution in [1.82, 2.24) is 15.8 Å². The molecule has 2 rings (SSSR count). The lowest BCUT2D eigenvalue weighted by Crippen LogP contribution is -2.29. The van der Waals surface area contributed by atoms with Gasteiger partial charge in [-0.25, -0.2) is 0 Å². The van der Waals surface area contributed by atoms with E-state index in [1.807, 2.05) is 13.8 Å². The average Bonchev–Trinajstić information content (AvgIpc) is 2.96. The molecule has 0 radical (unpaired) electrons. The van der Waals surface area contributed by atoms with Gasteiger partial charge in [-0.05, 0) is 31.3 Å². The number of aromatic nitrogens is 1. The lowest BCUT2D eigenvalue weighted by molar-refractivity contribution is 0.0911. The highest BCUT2D eigenvalue weighted by atomic mass is 16.5. The maximum absolute atomic E-state index is 11.8. The molecule has 0 aromatic carbocycles. The third-order valence-corrected chi connectivity index (χ3v) is 3.06. The Labute approximate surface area is 101 Å². The van der Waals surface area contributed by atoms with Gasteiger partial charge in [0, 0.05) is 12.6 Å². The van der Waals surface area contributed by atoms with Gasteiger partial charge < -0.3 is 15.2 Å². The minimum absolute atomic E-state index is 0.170. The average molecular weight is 237 g/mol. The van der Waals surface area contributed by atoms with E-state index >= 15 is 0 Å². The van der Waals surface area contributed by atoms with E-state index in [2.05, 4.69) is 15.8 Å². The summed E-state index contributed by atoms with van der Waals surface area (Å²) in [6, 6.07) is 1.72. The minimum Gasteiger partial charge on any atom is -0.351 e. The number of carbonyl (C=O) groups excluding carboxylic acids is 1. The highest BCUT2D eigenvalue weighted by Crippen LogP contribution is 2.14. The predicted octanol–water partition coefficient (Wildman–Crippen LogP) is 1.14. The Bertz CT molecular complexity index is 381. The first-order chi connectivity index (χ1) is 8.16. The fourth-order valence-electron chi connectivity index (χ4n) is 1.88. The SMILES string of the molecule is CC(C)c1cc(C(=O)NC[C@@H]2CCNC2)on1. The summed E-state index contributed by atoms with van der Waals surface area (Å²) in [5.74, 6) is 0.946. The zero-order chi connectivity index (χ0) is 12.3. The second-order valence-corrected chi connectivity index (χ2v) is 4.84. The summed E-state index contributed by atoms with van der Waals surface area (Å²) >= 11 is 0. The Morgan fingerprint density at radius 1 is 1.71 bits per heavy atom. The molecule has 5 nitrogen and oxygen atoms in total. The topological polar surface area (TPSA) is 67.2 Å². The Balaban J connectivity index is 1.85. The summed E-state index contributed by atoms with van der Waals surface area (Å²) in [5, 5.41) is 10.0. The fourth-order valence-corrected chi connectivity index (χ4v) is 1.88. The van der Waals surface area contributed by atoms with Crippen molar-refractivity contribution in [1.29, 1.82) is 0 Å². The molecule has 2 N–H and O–H groups in total. The molecule has 1 fully saturated rings. The van der Waals surface area contributed by atoms with Gasteiger partial charge in [0.15, 0.2) is 0 Å². The Hall–Kier alpha value is -1.36. The van der Waals surface area contributed by atoms with Crippen LogP contribution in [0.25, 0.3) is 0 Å². The number of carbonyl (C=O) groups is 1. The highest BCUT2D eigenvalue weighted by Gasteiger charge is 2.18. The molecule has 1 aromatic heterocycles. The second kappa shape index (κ2) is 5.31. The number of rotatable bonds is 4. The summed E-state index contributed by atoms with van der Waals surface area (Å²) < 4.78 is 5.03. The van der Waals surface area contributed by atoms with E-state index in [0.29, 0.717) is 18.2 Å². The van der Waals surface area contributed by atoms with Crippen LogP contribution in [-0.2, 0) is 0 Å². The molecule has 2 heterocycles. The molecule has 1 saturated heterocycles. The number of hydrogen-bond acceptors (Lipinski definition) is 4. The van der Waals surface area contributed by atoms with Crippen molar-refractivity contribution in [3.63, 3.8) is 0 Å². The fraction of sp³-hybridized carbons (Fsp3) is 0.667. The van der Waals surface area contributed by atoms with Gasteiger partial charge in [0.05, 0.1) is 5.69 Å². The van der Waals surface area contributed by atoms with Crippen LogP contribution >= 0.6 is 0 Å². The zero-order valence-electron chi connectivity index (χ0n) is 10.3. The van der Waals surface area contributed by atoms with Crippen molar-refractivity contribution in [2.45, 2.75) is 26.2 Å². The molecule has 1 aliphatic rings. The number of nitrogens with one attached hydrogen (secondary N) is 2. The van der Waals surface area contributed by atoms with E-state index in [4.69, 9.17) is 4.52 Å². The summed E-state index contributed by atoms with van der Waals surface area (Å²) in [5.41, 5.74) is 0.817. The van der Waals surface area contributed by atoms with Gasteiger partial charge >= 0.3 is 0 Å². The van der Waals surface area contributed by atoms with Crippen LogP contribution in [0, 0.1) is 5.92 Å². The van der Waals surface area contributed by atoms with Crippen LogP contribution in [-0.4, -0.2) is 30.7 Å². The molecule has 0 spiro atoms. The minimum atomic E-state index is -0.170. The van der Waals surface area contributed by atoms with E-state index in [1.165, 1.54) is 0 Å². The Morgan fingerprint density at radius 3 is 3.12 bits per heavy atom. The van der Waals surface area contributed by atoms with Gasteiger partial charge in [-0.1, -0.05) is 19.0 Å². The van der Waals surface area contributed by atoms with Gasteiger partial charge in [0.25, 0.3) is 5.91 Å². The second-order valence-electron chi connectivity index (χ2n) is 4.84. The van der Waals surface area contributed by atoms with Gasteiger partial charge in [-0.2, -0.15) is 0 Å². The van der Waals surface area contributed by atoms with E-state index in [9.17, 15) is 4.79 Å². The van der Waals surface area contributed by atoms with Gasteiger partial charge in [0.2, 0.25) is 5.76 Å². The van der Waals surface area contributed by atoms with Crippen molar-refractivity contribution in [3.8, 4) is 0 Å². The molecule has 1 atom stereocenters. The lowest BCUT2D eigenvalue weighted by Gasteiger charge is -2.07. The molecule has 0 aliphatic carbocycles. The maximum Gasteiger partial charge on any atom is 0.289 e. The first-order valence-electron chi connectivity index (χ1n) is 6.12. The Kier molecular flexibility index (Phi) is 3.78. The van der Waals surface area contributed by atoms with Gasteiger partial charge in [0.1, 0.15) is 0 Å². The molecule has 0 unspecified atom stereocenters. The first kappa shape index (κ1) is 12.1. The summed E-state index contributed by atoms with van der Waals surface area (Å²) in [6.45, 7) is 6.76. The van der Waals surface area contributed by atoms with E-state index in [-0.39, 0.29) is 11.8 Å². The number of hydrogen-bond donors (Lipinski definition) is 2. The maximum atomic E-state index is 11.8. The van der Waals surface area contributed by atoms with Crippen molar-refractivity contribution in [2.24, 2.45) is 5.92 Å². The summed E-state index contributed by atoms with van der Waals surface area (Å²) in [6.07, 6.45) is 1.12. The molecule has 17 heavy (non-hydrogen) atoms. The quantitative estimate of drug-likeness (QED) is 0.824. The third-order valence-electron chi connectivity index (χ3n) is 3.06. The molecular weight excluding hydrogens is 218 g/mol. The molecular formula is C12H19N3O2. The third kappa shape index (κ3) is 3.06. The van der Waals surface area contributed by atoms with Crippen molar-refractivity contribution in [2.75, 3.05) is 19.6 Å². The Morgan fingerprint density at radius 2 is 2.53 bits per heavy atom. The molecule has 94 valence electrons. The molecule has 5 heteroatoms. The summed E-state index contributed by atoms with van der Waals surface area (Å²) in [7, 11) is 0. The molecule has 0 bridgehead atoms. The van der Waals surface area contributed by atoms with Crippen LogP contribution < -0.4 is 10.6 Å². The van der Waals surface area contributed by atoms with Gasteiger partial charge in [-0.3, -0.25) is 4.79 Å². The van der Waals surface area contributed by atoms with Crippen LogP contribution in [0.4, 0.5) is 0 Å². The van der Waals surface area contributed by atoms with Crippen LogP contribution in [0.3, 0.4) is 0 Å². The monoisotopic (exact) mass is 237 g/mol. The number of nitrogens with zero attached hydrogens (tertiary/aromatic N) is 1.